The molecule has 5 heterocycles. The van der Waals surface area contributed by atoms with Gasteiger partial charge in [-0.1, -0.05) is 11.6 Å². The fraction of sp³-hybridized carbons (Fsp3) is 0.370. The Morgan fingerprint density at radius 3 is 2.71 bits per heavy atom. The summed E-state index contributed by atoms with van der Waals surface area (Å²) in [7, 11) is 2.56. The molecule has 2 atom stereocenters. The molecule has 1 unspecified atom stereocenters. The number of piperidine rings is 1. The third-order valence-electron chi connectivity index (χ3n) is 7.88. The average Bonchev–Trinajstić information content (AvgIpc) is 3.65. The Kier molecular flexibility index (Phi) is 6.75. The lowest BCUT2D eigenvalue weighted by Gasteiger charge is -2.34. The van der Waals surface area contributed by atoms with Crippen LogP contribution in [0.25, 0.3) is 16.8 Å². The van der Waals surface area contributed by atoms with Crippen LogP contribution in [0.2, 0.25) is 5.15 Å². The number of aryl methyl sites for hydroxylation is 1. The van der Waals surface area contributed by atoms with Crippen molar-refractivity contribution in [1.29, 1.82) is 0 Å². The number of aromatic nitrogens is 5. The van der Waals surface area contributed by atoms with Crippen molar-refractivity contribution in [1.82, 2.24) is 29.0 Å². The van der Waals surface area contributed by atoms with Crippen LogP contribution in [-0.2, 0) is 18.0 Å². The number of amides is 2. The molecule has 0 saturated carbocycles. The summed E-state index contributed by atoms with van der Waals surface area (Å²) in [6.07, 6.45) is -0.109. The van der Waals surface area contributed by atoms with Crippen LogP contribution in [-0.4, -0.2) is 60.6 Å². The lowest BCUT2D eigenvalue weighted by atomic mass is 9.92. The van der Waals surface area contributed by atoms with Gasteiger partial charge in [-0.25, -0.2) is 9.97 Å². The number of nitrogens with one attached hydrogen (secondary N) is 1. The Balaban J connectivity index is 1.37. The second kappa shape index (κ2) is 10.2. The number of nitrogens with two attached hydrogens (primary N) is 1. The standard InChI is InChI=1S/C27H26ClF3N8O3/c1-37-18(27(29,30)31)10-20(36-37)34-26(41)13-4-7-16(17(9-13)42-2)22-23-24(32)33-11-19(28)39(23)25(35-22)14-3-5-15-6-8-21(40)38(15)12-14/h4,7,9-11,14-15H,3,5-6,8,12H2,1-2H3,(H2,32,33)(H,34,36,41)/t14-,15?/m1/s1. The monoisotopic (exact) mass is 602 g/mol. The second-order valence-electron chi connectivity index (χ2n) is 10.4. The van der Waals surface area contributed by atoms with Crippen LogP contribution >= 0.6 is 11.6 Å². The predicted octanol–water partition coefficient (Wildman–Crippen LogP) is 4.51. The molecule has 0 spiro atoms. The maximum absolute atomic E-state index is 13.1. The van der Waals surface area contributed by atoms with Crippen molar-refractivity contribution < 1.29 is 27.5 Å². The maximum Gasteiger partial charge on any atom is 0.433 e. The van der Waals surface area contributed by atoms with Crippen LogP contribution in [0.4, 0.5) is 24.8 Å². The van der Waals surface area contributed by atoms with Crippen molar-refractivity contribution in [3.63, 3.8) is 0 Å². The molecule has 220 valence electrons. The fourth-order valence-electron chi connectivity index (χ4n) is 5.88. The molecule has 42 heavy (non-hydrogen) atoms. The summed E-state index contributed by atoms with van der Waals surface area (Å²) >= 11 is 6.61. The molecular formula is C27H26ClF3N8O3. The molecule has 11 nitrogen and oxygen atoms in total. The van der Waals surface area contributed by atoms with E-state index in [1.807, 2.05) is 4.90 Å². The summed E-state index contributed by atoms with van der Waals surface area (Å²) in [6.45, 7) is 0.514. The number of hydrogen-bond donors (Lipinski definition) is 2. The minimum Gasteiger partial charge on any atom is -0.496 e. The van der Waals surface area contributed by atoms with Crippen molar-refractivity contribution in [2.24, 2.45) is 7.05 Å². The van der Waals surface area contributed by atoms with Crippen LogP contribution in [0.15, 0.2) is 30.5 Å². The normalized spacial score (nSPS) is 18.9. The largest absolute Gasteiger partial charge is 0.496 e. The van der Waals surface area contributed by atoms with Gasteiger partial charge >= 0.3 is 6.18 Å². The lowest BCUT2D eigenvalue weighted by molar-refractivity contribution is -0.143. The number of methoxy groups -OCH3 is 1. The van der Waals surface area contributed by atoms with Crippen molar-refractivity contribution in [3.05, 3.63) is 52.7 Å². The molecule has 2 saturated heterocycles. The molecule has 4 aromatic rings. The molecule has 15 heteroatoms. The van der Waals surface area contributed by atoms with Gasteiger partial charge in [0.05, 0.1) is 13.3 Å². The van der Waals surface area contributed by atoms with E-state index < -0.39 is 17.8 Å². The van der Waals surface area contributed by atoms with Gasteiger partial charge < -0.3 is 20.7 Å². The number of rotatable bonds is 5. The fourth-order valence-corrected chi connectivity index (χ4v) is 6.10. The molecular weight excluding hydrogens is 577 g/mol. The number of alkyl halides is 3. The molecule has 0 aliphatic carbocycles. The van der Waals surface area contributed by atoms with Crippen LogP contribution < -0.4 is 15.8 Å². The average molecular weight is 603 g/mol. The van der Waals surface area contributed by atoms with E-state index in [1.54, 1.807) is 10.5 Å². The van der Waals surface area contributed by atoms with Crippen molar-refractivity contribution >= 4 is 40.6 Å². The molecule has 0 bridgehead atoms. The number of fused-ring (bicyclic) bond motifs is 2. The number of hydrogen-bond acceptors (Lipinski definition) is 7. The zero-order valence-corrected chi connectivity index (χ0v) is 23.3. The first-order valence-corrected chi connectivity index (χ1v) is 13.6. The number of benzene rings is 1. The molecule has 2 aliphatic heterocycles. The molecule has 2 amide bonds. The Hall–Kier alpha value is -4.33. The highest BCUT2D eigenvalue weighted by Crippen LogP contribution is 2.41. The Labute approximate surface area is 242 Å². The van der Waals surface area contributed by atoms with Gasteiger partial charge in [-0.05, 0) is 37.5 Å². The van der Waals surface area contributed by atoms with Crippen molar-refractivity contribution in [3.8, 4) is 17.0 Å². The Morgan fingerprint density at radius 2 is 2.00 bits per heavy atom. The first kappa shape index (κ1) is 27.8. The summed E-state index contributed by atoms with van der Waals surface area (Å²) in [6, 6.07) is 5.55. The van der Waals surface area contributed by atoms with E-state index in [0.29, 0.717) is 45.4 Å². The first-order valence-electron chi connectivity index (χ1n) is 13.2. The number of halogens is 4. The van der Waals surface area contributed by atoms with Crippen molar-refractivity contribution in [2.75, 3.05) is 24.7 Å². The zero-order valence-electron chi connectivity index (χ0n) is 22.6. The highest BCUT2D eigenvalue weighted by molar-refractivity contribution is 6.30. The topological polar surface area (TPSA) is 133 Å². The van der Waals surface area contributed by atoms with Gasteiger partial charge in [0, 0.05) is 49.2 Å². The SMILES string of the molecule is COc1cc(C(=O)Nc2cc(C(F)(F)F)n(C)n2)ccc1-c1nc([C@@H]2CCC3CCC(=O)N3C2)n2c(Cl)cnc(N)c12. The summed E-state index contributed by atoms with van der Waals surface area (Å²) in [5, 5.41) is 6.43. The summed E-state index contributed by atoms with van der Waals surface area (Å²) in [5.74, 6) is 0.189. The quantitative estimate of drug-likeness (QED) is 0.343. The first-order chi connectivity index (χ1) is 20.0. The zero-order chi connectivity index (χ0) is 29.9. The lowest BCUT2D eigenvalue weighted by Crippen LogP contribution is -2.41. The minimum absolute atomic E-state index is 0.0974. The molecule has 2 fully saturated rings. The highest BCUT2D eigenvalue weighted by Gasteiger charge is 2.39. The van der Waals surface area contributed by atoms with E-state index >= 15 is 0 Å². The second-order valence-corrected chi connectivity index (χ2v) is 10.8. The third-order valence-corrected chi connectivity index (χ3v) is 8.15. The number of carbonyl (C=O) groups excluding carboxylic acids is 2. The Morgan fingerprint density at radius 1 is 1.21 bits per heavy atom. The van der Waals surface area contributed by atoms with Gasteiger partial charge in [-0.2, -0.15) is 18.3 Å². The maximum atomic E-state index is 13.1. The van der Waals surface area contributed by atoms with Gasteiger partial charge in [0.1, 0.15) is 39.4 Å². The van der Waals surface area contributed by atoms with Crippen LogP contribution in [0.1, 0.15) is 53.5 Å². The molecule has 3 aromatic heterocycles. The molecule has 6 rings (SSSR count). The highest BCUT2D eigenvalue weighted by atomic mass is 35.5. The van der Waals surface area contributed by atoms with Gasteiger partial charge in [0.2, 0.25) is 5.91 Å². The van der Waals surface area contributed by atoms with Gasteiger partial charge in [0.15, 0.2) is 5.82 Å². The van der Waals surface area contributed by atoms with Gasteiger partial charge in [0.25, 0.3) is 5.91 Å². The van der Waals surface area contributed by atoms with Crippen LogP contribution in [0, 0.1) is 0 Å². The third kappa shape index (κ3) is 4.68. The van der Waals surface area contributed by atoms with E-state index in [-0.39, 0.29) is 40.8 Å². The van der Waals surface area contributed by atoms with Crippen LogP contribution in [0.5, 0.6) is 5.75 Å². The van der Waals surface area contributed by atoms with E-state index in [4.69, 9.17) is 27.1 Å². The minimum atomic E-state index is -4.62. The van der Waals surface area contributed by atoms with E-state index in [2.05, 4.69) is 15.4 Å². The molecule has 0 radical (unpaired) electrons. The molecule has 3 N–H and O–H groups in total. The van der Waals surface area contributed by atoms with E-state index in [9.17, 15) is 22.8 Å². The molecule has 1 aromatic carbocycles. The van der Waals surface area contributed by atoms with Crippen molar-refractivity contribution in [2.45, 2.75) is 43.8 Å². The van der Waals surface area contributed by atoms with Crippen LogP contribution in [0.3, 0.4) is 0 Å². The number of nitrogen functional groups attached to an aromatic ring is 1. The summed E-state index contributed by atoms with van der Waals surface area (Å²) in [4.78, 5) is 36.5. The Bertz CT molecular complexity index is 1730. The molecule has 2 aliphatic rings. The van der Waals surface area contributed by atoms with E-state index in [1.165, 1.54) is 25.4 Å². The smallest absolute Gasteiger partial charge is 0.433 e. The summed E-state index contributed by atoms with van der Waals surface area (Å²) in [5.41, 5.74) is 6.82. The number of nitrogens with zero attached hydrogens (tertiary/aromatic N) is 6. The summed E-state index contributed by atoms with van der Waals surface area (Å²) < 4.78 is 47.4. The number of carbonyl (C=O) groups is 2. The van der Waals surface area contributed by atoms with Gasteiger partial charge in [-0.3, -0.25) is 18.7 Å². The number of imidazole rings is 1. The van der Waals surface area contributed by atoms with E-state index in [0.717, 1.165) is 32.4 Å². The predicted molar refractivity (Wildman–Crippen MR) is 147 cm³/mol. The number of anilines is 2. The van der Waals surface area contributed by atoms with Gasteiger partial charge in [-0.15, -0.1) is 0 Å². The number of ether oxygens (including phenoxy) is 1.